The molecule has 140 valence electrons. The Balaban J connectivity index is 1.75. The maximum Gasteiger partial charge on any atom is 0.157 e. The average molecular weight is 382 g/mol. The molecule has 1 aromatic carbocycles. The number of halogens is 1. The third-order valence-electron chi connectivity index (χ3n) is 4.64. The molecule has 0 radical (unpaired) electrons. The molecule has 0 unspecified atom stereocenters. The van der Waals surface area contributed by atoms with E-state index in [0.717, 1.165) is 16.8 Å². The standard InChI is InChI=1S/C22H15FN6/c23-17-12-26-9-7-16(17)21-20(14-2-1-8-25-11-14)29-22-19(27-21)10-18(28-22)13-3-5-15(24)6-4-13/h1-12H,24H2,(H,28,29). The molecule has 4 aromatic heterocycles. The van der Waals surface area contributed by atoms with E-state index in [-0.39, 0.29) is 0 Å². The summed E-state index contributed by atoms with van der Waals surface area (Å²) >= 11 is 0. The van der Waals surface area contributed by atoms with Gasteiger partial charge in [-0.15, -0.1) is 0 Å². The second kappa shape index (κ2) is 6.79. The second-order valence-electron chi connectivity index (χ2n) is 6.56. The van der Waals surface area contributed by atoms with Crippen molar-refractivity contribution in [3.8, 4) is 33.8 Å². The molecule has 5 aromatic rings. The van der Waals surface area contributed by atoms with Gasteiger partial charge in [-0.25, -0.2) is 14.4 Å². The summed E-state index contributed by atoms with van der Waals surface area (Å²) in [5, 5.41) is 0. The molecular formula is C22H15FN6. The molecular weight excluding hydrogens is 367 g/mol. The molecule has 5 rings (SSSR count). The van der Waals surface area contributed by atoms with Crippen LogP contribution < -0.4 is 5.73 Å². The van der Waals surface area contributed by atoms with Crippen LogP contribution in [0.3, 0.4) is 0 Å². The van der Waals surface area contributed by atoms with Crippen molar-refractivity contribution < 1.29 is 4.39 Å². The molecule has 0 fully saturated rings. The fraction of sp³-hybridized carbons (Fsp3) is 0. The van der Waals surface area contributed by atoms with Crippen molar-refractivity contribution >= 4 is 16.9 Å². The zero-order chi connectivity index (χ0) is 19.8. The number of aromatic amines is 1. The Labute approximate surface area is 165 Å². The van der Waals surface area contributed by atoms with Gasteiger partial charge >= 0.3 is 0 Å². The fourth-order valence-electron chi connectivity index (χ4n) is 3.22. The number of nitrogen functional groups attached to an aromatic ring is 1. The predicted molar refractivity (Wildman–Crippen MR) is 110 cm³/mol. The number of rotatable bonds is 3. The molecule has 29 heavy (non-hydrogen) atoms. The second-order valence-corrected chi connectivity index (χ2v) is 6.56. The van der Waals surface area contributed by atoms with Crippen molar-refractivity contribution in [1.82, 2.24) is 24.9 Å². The zero-order valence-electron chi connectivity index (χ0n) is 15.2. The number of benzene rings is 1. The number of anilines is 1. The van der Waals surface area contributed by atoms with Crippen LogP contribution in [-0.2, 0) is 0 Å². The van der Waals surface area contributed by atoms with Crippen molar-refractivity contribution in [3.05, 3.63) is 79.1 Å². The molecule has 0 bridgehead atoms. The van der Waals surface area contributed by atoms with Crippen LogP contribution >= 0.6 is 0 Å². The van der Waals surface area contributed by atoms with Crippen LogP contribution in [0.25, 0.3) is 44.9 Å². The first-order chi connectivity index (χ1) is 14.2. The molecule has 0 saturated carbocycles. The molecule has 0 spiro atoms. The van der Waals surface area contributed by atoms with Gasteiger partial charge in [0.15, 0.2) is 11.5 Å². The maximum absolute atomic E-state index is 14.5. The lowest BCUT2D eigenvalue weighted by atomic mass is 10.1. The highest BCUT2D eigenvalue weighted by Crippen LogP contribution is 2.33. The quantitative estimate of drug-likeness (QED) is 0.449. The highest BCUT2D eigenvalue weighted by Gasteiger charge is 2.18. The predicted octanol–water partition coefficient (Wildman–Crippen LogP) is 4.47. The van der Waals surface area contributed by atoms with Crippen molar-refractivity contribution in [1.29, 1.82) is 0 Å². The summed E-state index contributed by atoms with van der Waals surface area (Å²) in [5.74, 6) is -0.458. The molecule has 0 amide bonds. The van der Waals surface area contributed by atoms with Gasteiger partial charge < -0.3 is 10.7 Å². The summed E-state index contributed by atoms with van der Waals surface area (Å²) in [6.45, 7) is 0. The average Bonchev–Trinajstić information content (AvgIpc) is 3.17. The van der Waals surface area contributed by atoms with E-state index in [2.05, 4.69) is 15.0 Å². The zero-order valence-corrected chi connectivity index (χ0v) is 15.2. The van der Waals surface area contributed by atoms with E-state index in [9.17, 15) is 4.39 Å². The summed E-state index contributed by atoms with van der Waals surface area (Å²) in [4.78, 5) is 20.8. The molecule has 4 heterocycles. The van der Waals surface area contributed by atoms with Crippen LogP contribution in [0.4, 0.5) is 10.1 Å². The number of aromatic nitrogens is 5. The number of nitrogens with zero attached hydrogens (tertiary/aromatic N) is 4. The molecule has 0 aliphatic rings. The molecule has 6 nitrogen and oxygen atoms in total. The first-order valence-corrected chi connectivity index (χ1v) is 8.96. The van der Waals surface area contributed by atoms with Crippen LogP contribution in [0, 0.1) is 5.82 Å². The van der Waals surface area contributed by atoms with Crippen molar-refractivity contribution in [3.63, 3.8) is 0 Å². The van der Waals surface area contributed by atoms with Crippen LogP contribution in [0.2, 0.25) is 0 Å². The molecule has 3 N–H and O–H groups in total. The van der Waals surface area contributed by atoms with Crippen molar-refractivity contribution in [2.75, 3.05) is 5.73 Å². The minimum Gasteiger partial charge on any atom is -0.399 e. The summed E-state index contributed by atoms with van der Waals surface area (Å²) < 4.78 is 14.5. The third kappa shape index (κ3) is 3.08. The number of hydrogen-bond acceptors (Lipinski definition) is 5. The Morgan fingerprint density at radius 1 is 0.828 bits per heavy atom. The Bertz CT molecular complexity index is 1310. The van der Waals surface area contributed by atoms with Gasteiger partial charge in [0, 0.05) is 41.1 Å². The van der Waals surface area contributed by atoms with Crippen LogP contribution in [0.5, 0.6) is 0 Å². The smallest absolute Gasteiger partial charge is 0.157 e. The lowest BCUT2D eigenvalue weighted by molar-refractivity contribution is 0.624. The monoisotopic (exact) mass is 382 g/mol. The minimum absolute atomic E-state index is 0.337. The Hall–Kier alpha value is -4.13. The summed E-state index contributed by atoms with van der Waals surface area (Å²) in [5.41, 5.74) is 11.6. The first-order valence-electron chi connectivity index (χ1n) is 8.96. The molecule has 0 saturated heterocycles. The minimum atomic E-state index is -0.458. The van der Waals surface area contributed by atoms with Gasteiger partial charge in [0.05, 0.1) is 6.20 Å². The summed E-state index contributed by atoms with van der Waals surface area (Å²) in [7, 11) is 0. The van der Waals surface area contributed by atoms with Crippen LogP contribution in [0.1, 0.15) is 0 Å². The number of hydrogen-bond donors (Lipinski definition) is 2. The number of fused-ring (bicyclic) bond motifs is 1. The maximum atomic E-state index is 14.5. The van der Waals surface area contributed by atoms with Gasteiger partial charge in [-0.05, 0) is 42.0 Å². The highest BCUT2D eigenvalue weighted by atomic mass is 19.1. The highest BCUT2D eigenvalue weighted by molar-refractivity contribution is 5.87. The Kier molecular flexibility index (Phi) is 3.98. The van der Waals surface area contributed by atoms with Crippen molar-refractivity contribution in [2.24, 2.45) is 0 Å². The molecule has 0 aliphatic heterocycles. The van der Waals surface area contributed by atoms with E-state index < -0.39 is 5.82 Å². The van der Waals surface area contributed by atoms with E-state index in [1.165, 1.54) is 12.4 Å². The topological polar surface area (TPSA) is 93.4 Å². The molecule has 0 atom stereocenters. The van der Waals surface area contributed by atoms with Gasteiger partial charge in [-0.2, -0.15) is 0 Å². The number of nitrogens with two attached hydrogens (primary N) is 1. The van der Waals surface area contributed by atoms with E-state index in [1.54, 1.807) is 18.5 Å². The van der Waals surface area contributed by atoms with Gasteiger partial charge in [0.1, 0.15) is 16.9 Å². The third-order valence-corrected chi connectivity index (χ3v) is 4.64. The van der Waals surface area contributed by atoms with E-state index in [1.807, 2.05) is 42.5 Å². The number of nitrogens with one attached hydrogen (secondary N) is 1. The number of pyridine rings is 2. The van der Waals surface area contributed by atoms with Gasteiger partial charge in [0.2, 0.25) is 0 Å². The fourth-order valence-corrected chi connectivity index (χ4v) is 3.22. The van der Waals surface area contributed by atoms with Crippen LogP contribution in [0.15, 0.2) is 73.3 Å². The Morgan fingerprint density at radius 2 is 1.66 bits per heavy atom. The lowest BCUT2D eigenvalue weighted by Gasteiger charge is -2.09. The van der Waals surface area contributed by atoms with Crippen LogP contribution in [-0.4, -0.2) is 24.9 Å². The SMILES string of the molecule is Nc1ccc(-c2cc3nc(-c4ccncc4F)c(-c4cccnc4)nc3[nH]2)cc1. The van der Waals surface area contributed by atoms with Gasteiger partial charge in [-0.3, -0.25) is 9.97 Å². The van der Waals surface area contributed by atoms with E-state index >= 15 is 0 Å². The largest absolute Gasteiger partial charge is 0.399 e. The number of H-pyrrole nitrogens is 1. The van der Waals surface area contributed by atoms with Gasteiger partial charge in [-0.1, -0.05) is 12.1 Å². The molecule has 0 aliphatic carbocycles. The van der Waals surface area contributed by atoms with E-state index in [4.69, 9.17) is 15.7 Å². The van der Waals surface area contributed by atoms with E-state index in [0.29, 0.717) is 33.8 Å². The summed E-state index contributed by atoms with van der Waals surface area (Å²) in [6.07, 6.45) is 6.07. The normalized spacial score (nSPS) is 11.1. The van der Waals surface area contributed by atoms with Crippen molar-refractivity contribution in [2.45, 2.75) is 0 Å². The first kappa shape index (κ1) is 17.0. The Morgan fingerprint density at radius 3 is 2.41 bits per heavy atom. The molecule has 7 heteroatoms. The summed E-state index contributed by atoms with van der Waals surface area (Å²) in [6, 6.07) is 14.7. The lowest BCUT2D eigenvalue weighted by Crippen LogP contribution is -1.97. The van der Waals surface area contributed by atoms with Gasteiger partial charge in [0.25, 0.3) is 0 Å².